The average Bonchev–Trinajstić information content (AvgIpc) is 2.71. The number of benzene rings is 2. The van der Waals surface area contributed by atoms with Gasteiger partial charge < -0.3 is 10.1 Å². The summed E-state index contributed by atoms with van der Waals surface area (Å²) in [6.45, 7) is 8.74. The number of aryl methyl sites for hydroxylation is 2. The van der Waals surface area contributed by atoms with Crippen molar-refractivity contribution in [2.45, 2.75) is 20.4 Å². The highest BCUT2D eigenvalue weighted by Crippen LogP contribution is 2.23. The summed E-state index contributed by atoms with van der Waals surface area (Å²) in [6, 6.07) is 12.8. The van der Waals surface area contributed by atoms with E-state index in [9.17, 15) is 13.2 Å². The van der Waals surface area contributed by atoms with Gasteiger partial charge in [0.25, 0.3) is 5.91 Å². The lowest BCUT2D eigenvalue weighted by molar-refractivity contribution is 0.0383. The lowest BCUT2D eigenvalue weighted by atomic mass is 10.1. The van der Waals surface area contributed by atoms with Gasteiger partial charge in [0.05, 0.1) is 31.7 Å². The molecule has 0 saturated carbocycles. The van der Waals surface area contributed by atoms with Crippen molar-refractivity contribution < 1.29 is 17.9 Å². The standard InChI is InChI=1S/C23H31N3O4S/c1-18-14-19(2)16-22(15-18)26(31(3,28)29)17-20-4-6-21(7-5-20)23(27)24-8-9-25-10-12-30-13-11-25/h4-7,14-16H,8-13,17H2,1-3H3,(H,24,27). The second-order valence-corrected chi connectivity index (χ2v) is 9.93. The molecule has 1 amide bonds. The molecule has 1 heterocycles. The van der Waals surface area contributed by atoms with Crippen LogP contribution in [-0.2, 0) is 21.3 Å². The van der Waals surface area contributed by atoms with Crippen molar-refractivity contribution in [1.82, 2.24) is 10.2 Å². The van der Waals surface area contributed by atoms with Gasteiger partial charge in [-0.2, -0.15) is 0 Å². The third kappa shape index (κ3) is 6.78. The van der Waals surface area contributed by atoms with E-state index in [4.69, 9.17) is 4.74 Å². The Hall–Kier alpha value is -2.42. The van der Waals surface area contributed by atoms with E-state index >= 15 is 0 Å². The molecule has 0 unspecified atom stereocenters. The molecule has 1 aliphatic rings. The number of sulfonamides is 1. The van der Waals surface area contributed by atoms with Gasteiger partial charge in [0.1, 0.15) is 0 Å². The van der Waals surface area contributed by atoms with Crippen molar-refractivity contribution in [1.29, 1.82) is 0 Å². The zero-order chi connectivity index (χ0) is 22.4. The number of carbonyl (C=O) groups excluding carboxylic acids is 1. The average molecular weight is 446 g/mol. The Kier molecular flexibility index (Phi) is 7.69. The SMILES string of the molecule is Cc1cc(C)cc(N(Cc2ccc(C(=O)NCCN3CCOCC3)cc2)S(C)(=O)=O)c1. The third-order valence-corrected chi connectivity index (χ3v) is 6.39. The molecular weight excluding hydrogens is 414 g/mol. The molecule has 7 nitrogen and oxygen atoms in total. The lowest BCUT2D eigenvalue weighted by Crippen LogP contribution is -2.41. The van der Waals surface area contributed by atoms with Crippen LogP contribution in [0, 0.1) is 13.8 Å². The predicted octanol–water partition coefficient (Wildman–Crippen LogP) is 2.33. The summed E-state index contributed by atoms with van der Waals surface area (Å²) in [4.78, 5) is 14.7. The molecule has 0 radical (unpaired) electrons. The molecule has 1 fully saturated rings. The lowest BCUT2D eigenvalue weighted by Gasteiger charge is -2.26. The quantitative estimate of drug-likeness (QED) is 0.675. The fourth-order valence-corrected chi connectivity index (χ4v) is 4.55. The van der Waals surface area contributed by atoms with Gasteiger partial charge in [0.15, 0.2) is 0 Å². The summed E-state index contributed by atoms with van der Waals surface area (Å²) in [5.41, 5.74) is 4.03. The van der Waals surface area contributed by atoms with Crippen LogP contribution in [0.15, 0.2) is 42.5 Å². The maximum Gasteiger partial charge on any atom is 0.251 e. The molecule has 2 aromatic rings. The number of ether oxygens (including phenoxy) is 1. The Morgan fingerprint density at radius 2 is 1.68 bits per heavy atom. The van der Waals surface area contributed by atoms with Crippen molar-refractivity contribution in [3.63, 3.8) is 0 Å². The summed E-state index contributed by atoms with van der Waals surface area (Å²) in [6.07, 6.45) is 1.21. The minimum atomic E-state index is -3.46. The molecule has 1 N–H and O–H groups in total. The number of hydrogen-bond acceptors (Lipinski definition) is 5. The van der Waals surface area contributed by atoms with Gasteiger partial charge in [-0.3, -0.25) is 14.0 Å². The minimum absolute atomic E-state index is 0.130. The van der Waals surface area contributed by atoms with Gasteiger partial charge in [0.2, 0.25) is 10.0 Å². The summed E-state index contributed by atoms with van der Waals surface area (Å²) in [5, 5.41) is 2.94. The minimum Gasteiger partial charge on any atom is -0.379 e. The van der Waals surface area contributed by atoms with Crippen LogP contribution in [0.4, 0.5) is 5.69 Å². The number of nitrogens with zero attached hydrogens (tertiary/aromatic N) is 2. The van der Waals surface area contributed by atoms with Crippen molar-refractivity contribution >= 4 is 21.6 Å². The summed E-state index contributed by atoms with van der Waals surface area (Å²) in [5.74, 6) is -0.130. The molecule has 2 aromatic carbocycles. The predicted molar refractivity (Wildman–Crippen MR) is 123 cm³/mol. The molecule has 1 aliphatic heterocycles. The van der Waals surface area contributed by atoms with Crippen LogP contribution < -0.4 is 9.62 Å². The van der Waals surface area contributed by atoms with Gasteiger partial charge in [-0.1, -0.05) is 18.2 Å². The van der Waals surface area contributed by atoms with Crippen molar-refractivity contribution in [3.05, 3.63) is 64.7 Å². The Morgan fingerprint density at radius 1 is 1.06 bits per heavy atom. The molecule has 0 atom stereocenters. The van der Waals surface area contributed by atoms with E-state index in [1.165, 1.54) is 10.6 Å². The Bertz CT molecular complexity index is 980. The molecule has 0 bridgehead atoms. The number of carbonyl (C=O) groups is 1. The first-order chi connectivity index (χ1) is 14.7. The normalized spacial score (nSPS) is 14.9. The molecule has 0 aliphatic carbocycles. The highest BCUT2D eigenvalue weighted by atomic mass is 32.2. The van der Waals surface area contributed by atoms with Crippen LogP contribution in [0.25, 0.3) is 0 Å². The second-order valence-electron chi connectivity index (χ2n) is 8.02. The van der Waals surface area contributed by atoms with E-state index in [2.05, 4.69) is 10.2 Å². The molecule has 0 aromatic heterocycles. The molecular formula is C23H31N3O4S. The molecule has 3 rings (SSSR count). The zero-order valence-electron chi connectivity index (χ0n) is 18.4. The number of rotatable bonds is 8. The Labute approximate surface area is 185 Å². The third-order valence-electron chi connectivity index (χ3n) is 5.25. The van der Waals surface area contributed by atoms with Crippen LogP contribution in [0.1, 0.15) is 27.0 Å². The van der Waals surface area contributed by atoms with Crippen molar-refractivity contribution in [2.75, 3.05) is 50.0 Å². The van der Waals surface area contributed by atoms with Crippen LogP contribution in [0.2, 0.25) is 0 Å². The number of morpholine rings is 1. The highest BCUT2D eigenvalue weighted by molar-refractivity contribution is 7.92. The largest absolute Gasteiger partial charge is 0.379 e. The number of amides is 1. The van der Waals surface area contributed by atoms with Crippen LogP contribution >= 0.6 is 0 Å². The first kappa shape index (κ1) is 23.2. The van der Waals surface area contributed by atoms with Crippen molar-refractivity contribution in [2.24, 2.45) is 0 Å². The van der Waals surface area contributed by atoms with E-state index < -0.39 is 10.0 Å². The van der Waals surface area contributed by atoms with E-state index in [0.717, 1.165) is 49.5 Å². The van der Waals surface area contributed by atoms with Gasteiger partial charge in [0, 0.05) is 31.7 Å². The fourth-order valence-electron chi connectivity index (χ4n) is 3.68. The van der Waals surface area contributed by atoms with Crippen LogP contribution in [0.5, 0.6) is 0 Å². The van der Waals surface area contributed by atoms with E-state index in [0.29, 0.717) is 17.8 Å². The number of hydrogen-bond donors (Lipinski definition) is 1. The number of anilines is 1. The van der Waals surface area contributed by atoms with Gasteiger partial charge in [-0.05, 0) is 54.8 Å². The summed E-state index contributed by atoms with van der Waals surface area (Å²) >= 11 is 0. The van der Waals surface area contributed by atoms with E-state index in [-0.39, 0.29) is 12.5 Å². The smallest absolute Gasteiger partial charge is 0.251 e. The zero-order valence-corrected chi connectivity index (χ0v) is 19.2. The molecule has 0 spiro atoms. The first-order valence-electron chi connectivity index (χ1n) is 10.5. The van der Waals surface area contributed by atoms with Crippen molar-refractivity contribution in [3.8, 4) is 0 Å². The molecule has 31 heavy (non-hydrogen) atoms. The summed E-state index contributed by atoms with van der Waals surface area (Å²) < 4.78 is 31.6. The Morgan fingerprint density at radius 3 is 2.26 bits per heavy atom. The second kappa shape index (κ2) is 10.3. The first-order valence-corrected chi connectivity index (χ1v) is 12.3. The number of nitrogens with one attached hydrogen (secondary N) is 1. The van der Waals surface area contributed by atoms with Gasteiger partial charge in [-0.25, -0.2) is 8.42 Å². The van der Waals surface area contributed by atoms with Gasteiger partial charge in [-0.15, -0.1) is 0 Å². The molecule has 168 valence electrons. The maximum absolute atomic E-state index is 12.4. The topological polar surface area (TPSA) is 79.0 Å². The van der Waals surface area contributed by atoms with Crippen LogP contribution in [-0.4, -0.2) is 64.9 Å². The van der Waals surface area contributed by atoms with E-state index in [1.807, 2.05) is 32.0 Å². The maximum atomic E-state index is 12.4. The van der Waals surface area contributed by atoms with Crippen LogP contribution in [0.3, 0.4) is 0 Å². The monoisotopic (exact) mass is 445 g/mol. The van der Waals surface area contributed by atoms with Gasteiger partial charge >= 0.3 is 0 Å². The highest BCUT2D eigenvalue weighted by Gasteiger charge is 2.19. The molecule has 8 heteroatoms. The summed E-state index contributed by atoms with van der Waals surface area (Å²) in [7, 11) is -3.46. The molecule has 1 saturated heterocycles. The fraction of sp³-hybridized carbons (Fsp3) is 0.435. The van der Waals surface area contributed by atoms with E-state index in [1.54, 1.807) is 24.3 Å². The Balaban J connectivity index is 1.63.